The molecule has 0 fully saturated rings. The van der Waals surface area contributed by atoms with Crippen molar-refractivity contribution in [2.24, 2.45) is 0 Å². The Kier molecular flexibility index (Phi) is 4.34. The van der Waals surface area contributed by atoms with E-state index >= 15 is 0 Å². The van der Waals surface area contributed by atoms with E-state index in [9.17, 15) is 0 Å². The van der Waals surface area contributed by atoms with Gasteiger partial charge in [0, 0.05) is 7.11 Å². The molecule has 0 atom stereocenters. The van der Waals surface area contributed by atoms with Crippen molar-refractivity contribution < 1.29 is 9.47 Å². The van der Waals surface area contributed by atoms with E-state index in [-0.39, 0.29) is 11.2 Å². The third-order valence-electron chi connectivity index (χ3n) is 2.83. The van der Waals surface area contributed by atoms with Crippen LogP contribution in [-0.4, -0.2) is 12.7 Å². The predicted octanol–water partition coefficient (Wildman–Crippen LogP) is 3.88. The topological polar surface area (TPSA) is 18.5 Å². The summed E-state index contributed by atoms with van der Waals surface area (Å²) in [5.74, 6) is 0. The summed E-state index contributed by atoms with van der Waals surface area (Å²) < 4.78 is 11.2. The molecule has 0 saturated carbocycles. The summed E-state index contributed by atoms with van der Waals surface area (Å²) in [5, 5.41) is 0. The highest BCUT2D eigenvalue weighted by Crippen LogP contribution is 2.24. The van der Waals surface area contributed by atoms with Crippen LogP contribution in [0.1, 0.15) is 45.7 Å². The molecule has 0 amide bonds. The lowest BCUT2D eigenvalue weighted by atomic mass is 9.97. The molecular formula is C15H24O2. The van der Waals surface area contributed by atoms with Crippen LogP contribution in [0.15, 0.2) is 24.3 Å². The summed E-state index contributed by atoms with van der Waals surface area (Å²) in [4.78, 5) is 0. The SMILES string of the molecule is COC(C)(C)c1ccc(COC(C)(C)C)cc1. The Balaban J connectivity index is 2.69. The Morgan fingerprint density at radius 3 is 1.88 bits per heavy atom. The molecule has 1 aromatic rings. The summed E-state index contributed by atoms with van der Waals surface area (Å²) in [5.41, 5.74) is 2.04. The number of benzene rings is 1. The molecule has 0 unspecified atom stereocenters. The van der Waals surface area contributed by atoms with Crippen molar-refractivity contribution in [2.75, 3.05) is 7.11 Å². The molecule has 0 aliphatic carbocycles. The standard InChI is InChI=1S/C15H24O2/c1-14(2,3)17-11-12-7-9-13(10-8-12)15(4,5)16-6/h7-10H,11H2,1-6H3. The van der Waals surface area contributed by atoms with E-state index in [1.165, 1.54) is 11.1 Å². The van der Waals surface area contributed by atoms with Crippen LogP contribution in [0.2, 0.25) is 0 Å². The summed E-state index contributed by atoms with van der Waals surface area (Å²) in [6.45, 7) is 11.0. The summed E-state index contributed by atoms with van der Waals surface area (Å²) in [7, 11) is 1.73. The predicted molar refractivity (Wildman–Crippen MR) is 71.0 cm³/mol. The first-order valence-corrected chi connectivity index (χ1v) is 6.03. The minimum atomic E-state index is -0.233. The van der Waals surface area contributed by atoms with Gasteiger partial charge in [-0.05, 0) is 45.7 Å². The summed E-state index contributed by atoms with van der Waals surface area (Å²) in [6, 6.07) is 8.40. The van der Waals surface area contributed by atoms with Gasteiger partial charge < -0.3 is 9.47 Å². The van der Waals surface area contributed by atoms with E-state index < -0.39 is 0 Å². The van der Waals surface area contributed by atoms with Gasteiger partial charge in [-0.3, -0.25) is 0 Å². The van der Waals surface area contributed by atoms with Crippen LogP contribution in [0.4, 0.5) is 0 Å². The van der Waals surface area contributed by atoms with Gasteiger partial charge in [0.2, 0.25) is 0 Å². The Bertz CT molecular complexity index is 344. The second-order valence-electron chi connectivity index (χ2n) is 5.81. The zero-order valence-corrected chi connectivity index (χ0v) is 11.8. The van der Waals surface area contributed by atoms with Gasteiger partial charge in [-0.15, -0.1) is 0 Å². The molecule has 0 aliphatic heterocycles. The van der Waals surface area contributed by atoms with E-state index in [2.05, 4.69) is 58.9 Å². The van der Waals surface area contributed by atoms with Gasteiger partial charge in [-0.25, -0.2) is 0 Å². The molecule has 0 saturated heterocycles. The van der Waals surface area contributed by atoms with Crippen molar-refractivity contribution in [1.29, 1.82) is 0 Å². The molecule has 1 aromatic carbocycles. The van der Waals surface area contributed by atoms with Gasteiger partial charge in [0.25, 0.3) is 0 Å². The minimum absolute atomic E-state index is 0.0928. The van der Waals surface area contributed by atoms with Crippen molar-refractivity contribution in [1.82, 2.24) is 0 Å². The third-order valence-corrected chi connectivity index (χ3v) is 2.83. The highest BCUT2D eigenvalue weighted by atomic mass is 16.5. The van der Waals surface area contributed by atoms with Gasteiger partial charge >= 0.3 is 0 Å². The van der Waals surface area contributed by atoms with Gasteiger partial charge in [0.15, 0.2) is 0 Å². The average molecular weight is 236 g/mol. The second-order valence-corrected chi connectivity index (χ2v) is 5.81. The zero-order valence-electron chi connectivity index (χ0n) is 11.8. The average Bonchev–Trinajstić information content (AvgIpc) is 2.26. The van der Waals surface area contributed by atoms with Gasteiger partial charge in [-0.2, -0.15) is 0 Å². The van der Waals surface area contributed by atoms with Crippen molar-refractivity contribution in [2.45, 2.75) is 52.4 Å². The van der Waals surface area contributed by atoms with Crippen molar-refractivity contribution >= 4 is 0 Å². The maximum absolute atomic E-state index is 5.74. The molecule has 17 heavy (non-hydrogen) atoms. The zero-order chi connectivity index (χ0) is 13.1. The molecule has 0 aromatic heterocycles. The largest absolute Gasteiger partial charge is 0.374 e. The fourth-order valence-electron chi connectivity index (χ4n) is 1.42. The number of hydrogen-bond donors (Lipinski definition) is 0. The Morgan fingerprint density at radius 1 is 0.941 bits per heavy atom. The van der Waals surface area contributed by atoms with Crippen molar-refractivity contribution in [3.05, 3.63) is 35.4 Å². The van der Waals surface area contributed by atoms with E-state index in [1.54, 1.807) is 7.11 Å². The number of methoxy groups -OCH3 is 1. The smallest absolute Gasteiger partial charge is 0.0871 e. The van der Waals surface area contributed by atoms with Gasteiger partial charge in [0.1, 0.15) is 0 Å². The monoisotopic (exact) mass is 236 g/mol. The van der Waals surface area contributed by atoms with Crippen molar-refractivity contribution in [3.63, 3.8) is 0 Å². The van der Waals surface area contributed by atoms with E-state index in [1.807, 2.05) is 0 Å². The van der Waals surface area contributed by atoms with Crippen LogP contribution in [0.3, 0.4) is 0 Å². The second kappa shape index (κ2) is 5.19. The van der Waals surface area contributed by atoms with Crippen LogP contribution in [0.25, 0.3) is 0 Å². The van der Waals surface area contributed by atoms with E-state index in [4.69, 9.17) is 9.47 Å². The molecule has 2 heteroatoms. The van der Waals surface area contributed by atoms with Crippen LogP contribution in [0, 0.1) is 0 Å². The van der Waals surface area contributed by atoms with Gasteiger partial charge in [-0.1, -0.05) is 24.3 Å². The van der Waals surface area contributed by atoms with Crippen LogP contribution >= 0.6 is 0 Å². The first-order valence-electron chi connectivity index (χ1n) is 6.03. The normalized spacial score (nSPS) is 12.8. The van der Waals surface area contributed by atoms with Crippen LogP contribution < -0.4 is 0 Å². The molecule has 0 N–H and O–H groups in total. The molecule has 96 valence electrons. The van der Waals surface area contributed by atoms with Crippen molar-refractivity contribution in [3.8, 4) is 0 Å². The summed E-state index contributed by atoms with van der Waals surface area (Å²) in [6.07, 6.45) is 0. The third kappa shape index (κ3) is 4.49. The fraction of sp³-hybridized carbons (Fsp3) is 0.600. The lowest BCUT2D eigenvalue weighted by Crippen LogP contribution is -2.20. The first kappa shape index (κ1) is 14.2. The molecule has 0 radical (unpaired) electrons. The molecular weight excluding hydrogens is 212 g/mol. The van der Waals surface area contributed by atoms with Crippen LogP contribution in [0.5, 0.6) is 0 Å². The number of ether oxygens (including phenoxy) is 2. The highest BCUT2D eigenvalue weighted by molar-refractivity contribution is 5.26. The molecule has 2 nitrogen and oxygen atoms in total. The maximum atomic E-state index is 5.74. The Morgan fingerprint density at radius 2 is 1.47 bits per heavy atom. The lowest BCUT2D eigenvalue weighted by molar-refractivity contribution is -0.0150. The lowest BCUT2D eigenvalue weighted by Gasteiger charge is -2.24. The van der Waals surface area contributed by atoms with Gasteiger partial charge in [0.05, 0.1) is 17.8 Å². The Hall–Kier alpha value is -0.860. The van der Waals surface area contributed by atoms with E-state index in [0.29, 0.717) is 6.61 Å². The first-order chi connectivity index (χ1) is 7.74. The number of rotatable bonds is 4. The Labute approximate surface area is 105 Å². The fourth-order valence-corrected chi connectivity index (χ4v) is 1.42. The molecule has 0 aliphatic rings. The highest BCUT2D eigenvalue weighted by Gasteiger charge is 2.19. The number of hydrogen-bond acceptors (Lipinski definition) is 2. The maximum Gasteiger partial charge on any atom is 0.0871 e. The molecule has 1 rings (SSSR count). The van der Waals surface area contributed by atoms with Crippen LogP contribution in [-0.2, 0) is 21.7 Å². The molecule has 0 spiro atoms. The molecule has 0 bridgehead atoms. The quantitative estimate of drug-likeness (QED) is 0.789. The molecule has 0 heterocycles. The van der Waals surface area contributed by atoms with E-state index in [0.717, 1.165) is 0 Å². The summed E-state index contributed by atoms with van der Waals surface area (Å²) >= 11 is 0. The minimum Gasteiger partial charge on any atom is -0.374 e.